The number of carbonyl (C=O) groups excluding carboxylic acids is 1. The van der Waals surface area contributed by atoms with E-state index in [0.717, 1.165) is 19.3 Å². The quantitative estimate of drug-likeness (QED) is 0.333. The Balaban J connectivity index is 3.77. The third-order valence-corrected chi connectivity index (χ3v) is 4.74. The lowest BCUT2D eigenvalue weighted by molar-refractivity contribution is -0.143. The minimum absolute atomic E-state index is 0.0239. The molecule has 0 fully saturated rings. The Labute approximate surface area is 132 Å². The van der Waals surface area contributed by atoms with Gasteiger partial charge in [-0.3, -0.25) is 4.79 Å². The van der Waals surface area contributed by atoms with Crippen molar-refractivity contribution in [1.82, 2.24) is 0 Å². The van der Waals surface area contributed by atoms with Crippen molar-refractivity contribution >= 4 is 17.7 Å². The summed E-state index contributed by atoms with van der Waals surface area (Å²) in [6.45, 7) is 6.24. The van der Waals surface area contributed by atoms with Crippen molar-refractivity contribution in [3.8, 4) is 0 Å². The molecule has 0 spiro atoms. The molecule has 2 nitrogen and oxygen atoms in total. The Morgan fingerprint density at radius 2 is 1.86 bits per heavy atom. The van der Waals surface area contributed by atoms with Crippen LogP contribution in [0.15, 0.2) is 0 Å². The Kier molecular flexibility index (Phi) is 12.1. The number of esters is 1. The number of hydrogen-bond donors (Lipinski definition) is 0. The van der Waals surface area contributed by atoms with Crippen LogP contribution in [0.5, 0.6) is 0 Å². The zero-order valence-electron chi connectivity index (χ0n) is 13.6. The van der Waals surface area contributed by atoms with Crippen LogP contribution in [0.1, 0.15) is 72.1 Å². The third-order valence-electron chi connectivity index (χ3n) is 3.28. The van der Waals surface area contributed by atoms with Crippen LogP contribution in [0.2, 0.25) is 0 Å². The molecule has 0 saturated carbocycles. The molecule has 0 rings (SSSR count). The summed E-state index contributed by atoms with van der Waals surface area (Å²) in [6.07, 6.45) is 4.16. The monoisotopic (exact) mass is 324 g/mol. The van der Waals surface area contributed by atoms with Gasteiger partial charge in [-0.25, -0.2) is 8.78 Å². The first kappa shape index (κ1) is 20.7. The van der Waals surface area contributed by atoms with E-state index < -0.39 is 5.92 Å². The van der Waals surface area contributed by atoms with Crippen molar-refractivity contribution in [3.05, 3.63) is 0 Å². The topological polar surface area (TPSA) is 26.3 Å². The van der Waals surface area contributed by atoms with Gasteiger partial charge in [0.1, 0.15) is 6.61 Å². The first-order valence-electron chi connectivity index (χ1n) is 8.10. The van der Waals surface area contributed by atoms with Gasteiger partial charge in [-0.05, 0) is 25.0 Å². The smallest absolute Gasteiger partial charge is 0.305 e. The van der Waals surface area contributed by atoms with E-state index in [4.69, 9.17) is 4.74 Å². The second kappa shape index (κ2) is 12.2. The van der Waals surface area contributed by atoms with Crippen LogP contribution in [-0.4, -0.2) is 29.5 Å². The normalized spacial score (nSPS) is 13.2. The molecule has 0 aliphatic heterocycles. The Morgan fingerprint density at radius 1 is 1.14 bits per heavy atom. The molecule has 0 aromatic carbocycles. The van der Waals surface area contributed by atoms with Crippen molar-refractivity contribution in [2.45, 2.75) is 83.3 Å². The summed E-state index contributed by atoms with van der Waals surface area (Å²) in [7, 11) is 0. The van der Waals surface area contributed by atoms with Gasteiger partial charge in [0.15, 0.2) is 0 Å². The fraction of sp³-hybridized carbons (Fsp3) is 0.938. The standard InChI is InChI=1S/C16H30F2O2S/c1-4-7-9-15(19)20-13-14(6-3)21-12-8-11-16(17,18)10-5-2/h14H,4-13H2,1-3H3. The summed E-state index contributed by atoms with van der Waals surface area (Å²) in [5.74, 6) is -1.97. The molecule has 1 atom stereocenters. The van der Waals surface area contributed by atoms with Crippen LogP contribution in [0.25, 0.3) is 0 Å². The van der Waals surface area contributed by atoms with Crippen LogP contribution >= 0.6 is 11.8 Å². The van der Waals surface area contributed by atoms with Gasteiger partial charge in [0.2, 0.25) is 5.92 Å². The maximum absolute atomic E-state index is 13.3. The van der Waals surface area contributed by atoms with Gasteiger partial charge in [0.05, 0.1) is 0 Å². The number of rotatable bonds is 13. The molecule has 0 radical (unpaired) electrons. The molecule has 0 aliphatic carbocycles. The molecule has 0 aromatic heterocycles. The van der Waals surface area contributed by atoms with Crippen LogP contribution in [-0.2, 0) is 9.53 Å². The zero-order chi connectivity index (χ0) is 16.1. The maximum Gasteiger partial charge on any atom is 0.305 e. The van der Waals surface area contributed by atoms with Gasteiger partial charge in [0, 0.05) is 24.5 Å². The maximum atomic E-state index is 13.3. The zero-order valence-corrected chi connectivity index (χ0v) is 14.4. The summed E-state index contributed by atoms with van der Waals surface area (Å²) in [5.41, 5.74) is 0. The first-order valence-corrected chi connectivity index (χ1v) is 9.15. The third kappa shape index (κ3) is 12.0. The van der Waals surface area contributed by atoms with Crippen molar-refractivity contribution in [3.63, 3.8) is 0 Å². The molecule has 21 heavy (non-hydrogen) atoms. The van der Waals surface area contributed by atoms with Gasteiger partial charge in [0.25, 0.3) is 0 Å². The van der Waals surface area contributed by atoms with E-state index in [1.165, 1.54) is 0 Å². The molecular weight excluding hydrogens is 294 g/mol. The first-order chi connectivity index (χ1) is 9.95. The van der Waals surface area contributed by atoms with Gasteiger partial charge in [-0.2, -0.15) is 11.8 Å². The predicted octanol–water partition coefficient (Wildman–Crippen LogP) is 5.45. The summed E-state index contributed by atoms with van der Waals surface area (Å²) < 4.78 is 31.9. The summed E-state index contributed by atoms with van der Waals surface area (Å²) in [5, 5.41) is 0.218. The number of unbranched alkanes of at least 4 members (excludes halogenated alkanes) is 1. The van der Waals surface area contributed by atoms with E-state index in [9.17, 15) is 13.6 Å². The average Bonchev–Trinajstić information content (AvgIpc) is 2.44. The molecule has 0 heterocycles. The predicted molar refractivity (Wildman–Crippen MR) is 86.1 cm³/mol. The number of halogens is 2. The number of ether oxygens (including phenoxy) is 1. The molecule has 0 saturated heterocycles. The highest BCUT2D eigenvalue weighted by Crippen LogP contribution is 2.27. The molecule has 5 heteroatoms. The fourth-order valence-corrected chi connectivity index (χ4v) is 2.98. The van der Waals surface area contributed by atoms with Crippen LogP contribution in [0.3, 0.4) is 0 Å². The largest absolute Gasteiger partial charge is 0.464 e. The molecule has 1 unspecified atom stereocenters. The van der Waals surface area contributed by atoms with E-state index >= 15 is 0 Å². The lowest BCUT2D eigenvalue weighted by atomic mass is 10.1. The van der Waals surface area contributed by atoms with Crippen molar-refractivity contribution in [2.75, 3.05) is 12.4 Å². The number of hydrogen-bond acceptors (Lipinski definition) is 3. The van der Waals surface area contributed by atoms with E-state index in [1.54, 1.807) is 18.7 Å². The lowest BCUT2D eigenvalue weighted by Gasteiger charge is -2.17. The highest BCUT2D eigenvalue weighted by Gasteiger charge is 2.26. The Bertz CT molecular complexity index is 273. The van der Waals surface area contributed by atoms with E-state index in [2.05, 4.69) is 0 Å². The highest BCUT2D eigenvalue weighted by atomic mass is 32.2. The second-order valence-corrected chi connectivity index (χ2v) is 6.81. The van der Waals surface area contributed by atoms with E-state index in [-0.39, 0.29) is 24.1 Å². The Morgan fingerprint density at radius 3 is 2.43 bits per heavy atom. The Hall–Kier alpha value is -0.320. The lowest BCUT2D eigenvalue weighted by Crippen LogP contribution is -2.17. The summed E-state index contributed by atoms with van der Waals surface area (Å²) in [4.78, 5) is 11.4. The SMILES string of the molecule is CCCCC(=O)OCC(CC)SCCCC(F)(F)CCC. The van der Waals surface area contributed by atoms with Crippen LogP contribution in [0.4, 0.5) is 8.78 Å². The molecule has 126 valence electrons. The minimum Gasteiger partial charge on any atom is -0.464 e. The molecule has 0 bridgehead atoms. The summed E-state index contributed by atoms with van der Waals surface area (Å²) in [6, 6.07) is 0. The van der Waals surface area contributed by atoms with Gasteiger partial charge in [-0.1, -0.05) is 33.6 Å². The number of carbonyl (C=O) groups is 1. The second-order valence-electron chi connectivity index (χ2n) is 5.40. The van der Waals surface area contributed by atoms with Crippen LogP contribution in [0, 0.1) is 0 Å². The van der Waals surface area contributed by atoms with E-state index in [0.29, 0.717) is 31.6 Å². The number of thioether (sulfide) groups is 1. The average molecular weight is 324 g/mol. The highest BCUT2D eigenvalue weighted by molar-refractivity contribution is 7.99. The van der Waals surface area contributed by atoms with Gasteiger partial charge < -0.3 is 4.74 Å². The van der Waals surface area contributed by atoms with Crippen molar-refractivity contribution < 1.29 is 18.3 Å². The van der Waals surface area contributed by atoms with Gasteiger partial charge in [-0.15, -0.1) is 0 Å². The fourth-order valence-electron chi connectivity index (χ4n) is 1.93. The van der Waals surface area contributed by atoms with Crippen LogP contribution < -0.4 is 0 Å². The number of alkyl halides is 2. The molecular formula is C16H30F2O2S. The van der Waals surface area contributed by atoms with Crippen molar-refractivity contribution in [2.24, 2.45) is 0 Å². The van der Waals surface area contributed by atoms with Gasteiger partial charge >= 0.3 is 5.97 Å². The van der Waals surface area contributed by atoms with Crippen molar-refractivity contribution in [1.29, 1.82) is 0 Å². The minimum atomic E-state index is -2.52. The molecule has 0 amide bonds. The summed E-state index contributed by atoms with van der Waals surface area (Å²) >= 11 is 1.64. The molecule has 0 aliphatic rings. The van der Waals surface area contributed by atoms with E-state index in [1.807, 2.05) is 13.8 Å². The molecule has 0 aromatic rings. The molecule has 0 N–H and O–H groups in total.